The van der Waals surface area contributed by atoms with Crippen LogP contribution < -0.4 is 10.5 Å². The van der Waals surface area contributed by atoms with Crippen molar-refractivity contribution < 1.29 is 4.74 Å². The van der Waals surface area contributed by atoms with Crippen molar-refractivity contribution in [2.75, 3.05) is 5.73 Å². The Labute approximate surface area is 100 Å². The molecule has 0 unspecified atom stereocenters. The number of hydrogen-bond donors (Lipinski definition) is 1. The van der Waals surface area contributed by atoms with E-state index in [-0.39, 0.29) is 0 Å². The number of nitrogens with zero attached hydrogens (tertiary/aromatic N) is 1. The van der Waals surface area contributed by atoms with Crippen LogP contribution in [0.15, 0.2) is 42.5 Å². The van der Waals surface area contributed by atoms with Gasteiger partial charge in [-0.3, -0.25) is 0 Å². The predicted octanol–water partition coefficient (Wildman–Crippen LogP) is 3.24. The summed E-state index contributed by atoms with van der Waals surface area (Å²) >= 11 is 0. The van der Waals surface area contributed by atoms with Gasteiger partial charge in [0.25, 0.3) is 0 Å². The smallest absolute Gasteiger partial charge is 0.130 e. The summed E-state index contributed by atoms with van der Waals surface area (Å²) in [4.78, 5) is 0. The third kappa shape index (κ3) is 2.56. The molecule has 0 aliphatic rings. The summed E-state index contributed by atoms with van der Waals surface area (Å²) in [5.41, 5.74) is 7.86. The molecule has 2 N–H and O–H groups in total. The van der Waals surface area contributed by atoms with E-state index in [0.29, 0.717) is 11.3 Å². The SMILES string of the molecule is Cc1cc(C#N)ccc1Oc1ccc(N)cc1. The second-order valence-electron chi connectivity index (χ2n) is 3.76. The van der Waals surface area contributed by atoms with Gasteiger partial charge in [-0.25, -0.2) is 0 Å². The lowest BCUT2D eigenvalue weighted by Gasteiger charge is -2.08. The van der Waals surface area contributed by atoms with Crippen LogP contribution in [0.25, 0.3) is 0 Å². The Bertz CT molecular complexity index is 568. The lowest BCUT2D eigenvalue weighted by Crippen LogP contribution is -1.89. The molecule has 0 saturated heterocycles. The molecule has 0 atom stereocenters. The predicted molar refractivity (Wildman–Crippen MR) is 66.8 cm³/mol. The number of nitrogen functional groups attached to an aromatic ring is 1. The van der Waals surface area contributed by atoms with Crippen LogP contribution >= 0.6 is 0 Å². The summed E-state index contributed by atoms with van der Waals surface area (Å²) < 4.78 is 5.70. The Morgan fingerprint density at radius 3 is 2.41 bits per heavy atom. The third-order valence-corrected chi connectivity index (χ3v) is 2.41. The summed E-state index contributed by atoms with van der Waals surface area (Å²) in [7, 11) is 0. The number of nitriles is 1. The summed E-state index contributed by atoms with van der Waals surface area (Å²) in [6.45, 7) is 1.91. The average Bonchev–Trinajstić information content (AvgIpc) is 2.34. The first kappa shape index (κ1) is 11.0. The summed E-state index contributed by atoms with van der Waals surface area (Å²) in [5.74, 6) is 1.47. The molecule has 0 aromatic heterocycles. The number of anilines is 1. The van der Waals surface area contributed by atoms with Crippen LogP contribution in [0.3, 0.4) is 0 Å². The standard InChI is InChI=1S/C14H12N2O/c1-10-8-11(9-15)2-7-14(10)17-13-5-3-12(16)4-6-13/h2-8H,16H2,1H3. The van der Waals surface area contributed by atoms with E-state index in [1.165, 1.54) is 0 Å². The molecule has 0 aliphatic heterocycles. The summed E-state index contributed by atoms with van der Waals surface area (Å²) in [6.07, 6.45) is 0. The minimum absolute atomic E-state index is 0.632. The largest absolute Gasteiger partial charge is 0.457 e. The Hall–Kier alpha value is -2.47. The van der Waals surface area contributed by atoms with Crippen molar-refractivity contribution in [1.29, 1.82) is 5.26 Å². The van der Waals surface area contributed by atoms with Gasteiger partial charge >= 0.3 is 0 Å². The number of ether oxygens (including phenoxy) is 1. The lowest BCUT2D eigenvalue weighted by atomic mass is 10.1. The van der Waals surface area contributed by atoms with Crippen LogP contribution in [0.1, 0.15) is 11.1 Å². The molecule has 3 heteroatoms. The summed E-state index contributed by atoms with van der Waals surface area (Å²) in [5, 5.41) is 8.77. The van der Waals surface area contributed by atoms with Gasteiger partial charge in [0.2, 0.25) is 0 Å². The molecule has 3 nitrogen and oxygen atoms in total. The van der Waals surface area contributed by atoms with Gasteiger partial charge in [0.15, 0.2) is 0 Å². The Morgan fingerprint density at radius 2 is 1.82 bits per heavy atom. The number of benzene rings is 2. The van der Waals surface area contributed by atoms with Crippen LogP contribution in [0.2, 0.25) is 0 Å². The first-order valence-corrected chi connectivity index (χ1v) is 5.23. The maximum Gasteiger partial charge on any atom is 0.130 e. The fraction of sp³-hybridized carbons (Fsp3) is 0.0714. The topological polar surface area (TPSA) is 59.0 Å². The van der Waals surface area contributed by atoms with Gasteiger partial charge in [0, 0.05) is 5.69 Å². The van der Waals surface area contributed by atoms with Gasteiger partial charge in [0.05, 0.1) is 11.6 Å². The Kier molecular flexibility index (Phi) is 2.97. The van der Waals surface area contributed by atoms with E-state index < -0.39 is 0 Å². The van der Waals surface area contributed by atoms with E-state index in [9.17, 15) is 0 Å². The second kappa shape index (κ2) is 4.58. The maximum atomic E-state index is 8.77. The number of nitrogens with two attached hydrogens (primary N) is 1. The van der Waals surface area contributed by atoms with Crippen LogP contribution in [-0.4, -0.2) is 0 Å². The van der Waals surface area contributed by atoms with E-state index >= 15 is 0 Å². The van der Waals surface area contributed by atoms with Crippen LogP contribution in [0.4, 0.5) is 5.69 Å². The van der Waals surface area contributed by atoms with Gasteiger partial charge in [-0.1, -0.05) is 0 Å². The average molecular weight is 224 g/mol. The molecule has 2 rings (SSSR count). The number of aryl methyl sites for hydroxylation is 1. The fourth-order valence-electron chi connectivity index (χ4n) is 1.50. The molecule has 0 aliphatic carbocycles. The highest BCUT2D eigenvalue weighted by atomic mass is 16.5. The molecule has 0 bridgehead atoms. The van der Waals surface area contributed by atoms with Crippen LogP contribution in [0, 0.1) is 18.3 Å². The molecule has 0 fully saturated rings. The van der Waals surface area contributed by atoms with Gasteiger partial charge < -0.3 is 10.5 Å². The molecule has 0 saturated carbocycles. The van der Waals surface area contributed by atoms with Crippen LogP contribution in [0.5, 0.6) is 11.5 Å². The quantitative estimate of drug-likeness (QED) is 0.796. The lowest BCUT2D eigenvalue weighted by molar-refractivity contribution is 0.479. The molecule has 0 radical (unpaired) electrons. The number of rotatable bonds is 2. The van der Waals surface area contributed by atoms with E-state index in [1.807, 2.05) is 19.1 Å². The minimum atomic E-state index is 0.632. The van der Waals surface area contributed by atoms with Crippen molar-refractivity contribution >= 4 is 5.69 Å². The molecule has 17 heavy (non-hydrogen) atoms. The van der Waals surface area contributed by atoms with Crippen LogP contribution in [-0.2, 0) is 0 Å². The fourth-order valence-corrected chi connectivity index (χ4v) is 1.50. The first-order valence-electron chi connectivity index (χ1n) is 5.23. The Morgan fingerprint density at radius 1 is 1.12 bits per heavy atom. The molecule has 0 spiro atoms. The number of hydrogen-bond acceptors (Lipinski definition) is 3. The van der Waals surface area contributed by atoms with Crippen molar-refractivity contribution in [2.45, 2.75) is 6.92 Å². The zero-order valence-corrected chi connectivity index (χ0v) is 9.47. The van der Waals surface area contributed by atoms with Crippen molar-refractivity contribution in [2.24, 2.45) is 0 Å². The molecule has 0 amide bonds. The maximum absolute atomic E-state index is 8.77. The summed E-state index contributed by atoms with van der Waals surface area (Å²) in [6, 6.07) is 14.6. The molecule has 2 aromatic rings. The second-order valence-corrected chi connectivity index (χ2v) is 3.76. The highest BCUT2D eigenvalue weighted by Gasteiger charge is 2.02. The minimum Gasteiger partial charge on any atom is -0.457 e. The van der Waals surface area contributed by atoms with Crippen molar-refractivity contribution in [3.63, 3.8) is 0 Å². The normalized spacial score (nSPS) is 9.65. The molecule has 0 heterocycles. The Balaban J connectivity index is 2.25. The third-order valence-electron chi connectivity index (χ3n) is 2.41. The van der Waals surface area contributed by atoms with Gasteiger partial charge in [0.1, 0.15) is 11.5 Å². The van der Waals surface area contributed by atoms with Crippen molar-refractivity contribution in [3.05, 3.63) is 53.6 Å². The van der Waals surface area contributed by atoms with E-state index in [2.05, 4.69) is 6.07 Å². The first-order chi connectivity index (χ1) is 8.19. The van der Waals surface area contributed by atoms with E-state index in [0.717, 1.165) is 17.1 Å². The molecular formula is C14H12N2O. The van der Waals surface area contributed by atoms with Crippen molar-refractivity contribution in [1.82, 2.24) is 0 Å². The van der Waals surface area contributed by atoms with E-state index in [4.69, 9.17) is 15.7 Å². The monoisotopic (exact) mass is 224 g/mol. The molecule has 2 aromatic carbocycles. The zero-order valence-electron chi connectivity index (χ0n) is 9.47. The van der Waals surface area contributed by atoms with E-state index in [1.54, 1.807) is 30.3 Å². The van der Waals surface area contributed by atoms with Gasteiger partial charge in [-0.15, -0.1) is 0 Å². The highest BCUT2D eigenvalue weighted by Crippen LogP contribution is 2.26. The zero-order chi connectivity index (χ0) is 12.3. The molecular weight excluding hydrogens is 212 g/mol. The van der Waals surface area contributed by atoms with Crippen molar-refractivity contribution in [3.8, 4) is 17.6 Å². The highest BCUT2D eigenvalue weighted by molar-refractivity contribution is 5.46. The van der Waals surface area contributed by atoms with Gasteiger partial charge in [-0.2, -0.15) is 5.26 Å². The van der Waals surface area contributed by atoms with Gasteiger partial charge in [-0.05, 0) is 55.0 Å². The molecule has 84 valence electrons.